The van der Waals surface area contributed by atoms with Crippen LogP contribution in [0.5, 0.6) is 0 Å². The molecule has 1 heterocycles. The first-order valence-electron chi connectivity index (χ1n) is 8.88. The van der Waals surface area contributed by atoms with Gasteiger partial charge in [-0.2, -0.15) is 0 Å². The molecule has 0 spiro atoms. The Kier molecular flexibility index (Phi) is 4.91. The van der Waals surface area contributed by atoms with Crippen LogP contribution in [0.2, 0.25) is 0 Å². The molecule has 144 valence electrons. The van der Waals surface area contributed by atoms with Crippen molar-refractivity contribution in [1.82, 2.24) is 10.2 Å². The van der Waals surface area contributed by atoms with Crippen molar-refractivity contribution in [2.24, 2.45) is 5.92 Å². The molecular weight excluding hydrogens is 350 g/mol. The summed E-state index contributed by atoms with van der Waals surface area (Å²) in [6.45, 7) is 4.48. The van der Waals surface area contributed by atoms with E-state index in [0.717, 1.165) is 28.9 Å². The normalized spacial score (nSPS) is 21.8. The molecule has 1 saturated heterocycles. The van der Waals surface area contributed by atoms with E-state index >= 15 is 0 Å². The van der Waals surface area contributed by atoms with E-state index in [2.05, 4.69) is 10.6 Å². The maximum atomic E-state index is 12.5. The molecule has 4 amide bonds. The Morgan fingerprint density at radius 3 is 2.67 bits per heavy atom. The van der Waals surface area contributed by atoms with Gasteiger partial charge in [0.2, 0.25) is 0 Å². The number of esters is 1. The summed E-state index contributed by atoms with van der Waals surface area (Å²) in [5, 5.41) is 5.33. The summed E-state index contributed by atoms with van der Waals surface area (Å²) < 4.78 is 4.92. The number of benzene rings is 1. The second-order valence-electron chi connectivity index (χ2n) is 7.25. The number of rotatable bonds is 6. The second kappa shape index (κ2) is 7.02. The Hall–Kier alpha value is -2.90. The smallest absolute Gasteiger partial charge is 0.326 e. The summed E-state index contributed by atoms with van der Waals surface area (Å²) in [7, 11) is 0. The standard InChI is InChI=1S/C19H23N3O5/c1-11-5-4-6-14(12(11)2)20-15(23)10-27-16(24)9-22-17(25)19(3,13-7-8-13)21-18(22)26/h4-6,13H,7-10H2,1-3H3,(H,20,23)(H,21,26)/t19-/m1/s1. The zero-order valence-electron chi connectivity index (χ0n) is 15.6. The quantitative estimate of drug-likeness (QED) is 0.581. The highest BCUT2D eigenvalue weighted by molar-refractivity contribution is 6.09. The Bertz CT molecular complexity index is 818. The number of anilines is 1. The number of hydrogen-bond donors (Lipinski definition) is 2. The van der Waals surface area contributed by atoms with Gasteiger partial charge in [0.15, 0.2) is 6.61 Å². The summed E-state index contributed by atoms with van der Waals surface area (Å²) in [5.74, 6) is -1.61. The fraction of sp³-hybridized carbons (Fsp3) is 0.474. The van der Waals surface area contributed by atoms with Gasteiger partial charge in [-0.05, 0) is 56.7 Å². The third-order valence-corrected chi connectivity index (χ3v) is 5.23. The van der Waals surface area contributed by atoms with E-state index in [0.29, 0.717) is 5.69 Å². The van der Waals surface area contributed by atoms with Crippen molar-refractivity contribution >= 4 is 29.5 Å². The predicted molar refractivity (Wildman–Crippen MR) is 96.9 cm³/mol. The van der Waals surface area contributed by atoms with Gasteiger partial charge < -0.3 is 15.4 Å². The first kappa shape index (κ1) is 18.9. The molecular formula is C19H23N3O5. The van der Waals surface area contributed by atoms with Gasteiger partial charge in [0.05, 0.1) is 0 Å². The van der Waals surface area contributed by atoms with E-state index in [9.17, 15) is 19.2 Å². The lowest BCUT2D eigenvalue weighted by Crippen LogP contribution is -2.46. The molecule has 0 radical (unpaired) electrons. The number of imide groups is 1. The molecule has 8 nitrogen and oxygen atoms in total. The van der Waals surface area contributed by atoms with Crippen LogP contribution in [0.4, 0.5) is 10.5 Å². The van der Waals surface area contributed by atoms with Crippen molar-refractivity contribution in [1.29, 1.82) is 0 Å². The topological polar surface area (TPSA) is 105 Å². The van der Waals surface area contributed by atoms with Crippen LogP contribution in [0.25, 0.3) is 0 Å². The Morgan fingerprint density at radius 2 is 2.00 bits per heavy atom. The van der Waals surface area contributed by atoms with Gasteiger partial charge in [-0.1, -0.05) is 12.1 Å². The molecule has 1 aliphatic carbocycles. The lowest BCUT2D eigenvalue weighted by atomic mass is 9.96. The minimum atomic E-state index is -0.947. The number of carbonyl (C=O) groups is 4. The van der Waals surface area contributed by atoms with Gasteiger partial charge in [-0.3, -0.25) is 19.3 Å². The fourth-order valence-electron chi connectivity index (χ4n) is 3.19. The van der Waals surface area contributed by atoms with Crippen molar-refractivity contribution in [3.05, 3.63) is 29.3 Å². The Morgan fingerprint density at radius 1 is 1.30 bits per heavy atom. The first-order chi connectivity index (χ1) is 12.7. The molecule has 8 heteroatoms. The predicted octanol–water partition coefficient (Wildman–Crippen LogP) is 1.51. The SMILES string of the molecule is Cc1cccc(NC(=O)COC(=O)CN2C(=O)N[C@](C)(C3CC3)C2=O)c1C. The molecule has 2 fully saturated rings. The van der Waals surface area contributed by atoms with E-state index in [-0.39, 0.29) is 5.92 Å². The molecule has 1 atom stereocenters. The van der Waals surface area contributed by atoms with E-state index in [4.69, 9.17) is 4.74 Å². The third-order valence-electron chi connectivity index (χ3n) is 5.23. The van der Waals surface area contributed by atoms with E-state index in [1.165, 1.54) is 0 Å². The maximum Gasteiger partial charge on any atom is 0.326 e. The summed E-state index contributed by atoms with van der Waals surface area (Å²) in [6, 6.07) is 4.90. The van der Waals surface area contributed by atoms with E-state index in [1.54, 1.807) is 13.0 Å². The number of hydrogen-bond acceptors (Lipinski definition) is 5. The monoisotopic (exact) mass is 373 g/mol. The van der Waals surface area contributed by atoms with Crippen LogP contribution in [0.15, 0.2) is 18.2 Å². The molecule has 1 aliphatic heterocycles. The molecule has 0 bridgehead atoms. The molecule has 1 aromatic rings. The lowest BCUT2D eigenvalue weighted by Gasteiger charge is -2.20. The van der Waals surface area contributed by atoms with Gasteiger partial charge in [0.1, 0.15) is 12.1 Å². The van der Waals surface area contributed by atoms with Gasteiger partial charge in [0.25, 0.3) is 11.8 Å². The Balaban J connectivity index is 1.51. The van der Waals surface area contributed by atoms with E-state index in [1.807, 2.05) is 26.0 Å². The minimum absolute atomic E-state index is 0.110. The minimum Gasteiger partial charge on any atom is -0.454 e. The van der Waals surface area contributed by atoms with Crippen molar-refractivity contribution in [3.63, 3.8) is 0 Å². The van der Waals surface area contributed by atoms with Crippen molar-refractivity contribution in [2.45, 2.75) is 39.2 Å². The molecule has 0 aromatic heterocycles. The van der Waals surface area contributed by atoms with Crippen molar-refractivity contribution in [3.8, 4) is 0 Å². The van der Waals surface area contributed by atoms with Crippen molar-refractivity contribution < 1.29 is 23.9 Å². The van der Waals surface area contributed by atoms with Gasteiger partial charge in [-0.15, -0.1) is 0 Å². The molecule has 27 heavy (non-hydrogen) atoms. The molecule has 3 rings (SSSR count). The number of urea groups is 1. The second-order valence-corrected chi connectivity index (χ2v) is 7.25. The highest BCUT2D eigenvalue weighted by Gasteiger charge is 2.56. The number of aryl methyl sites for hydroxylation is 1. The summed E-state index contributed by atoms with van der Waals surface area (Å²) in [4.78, 5) is 49.3. The number of carbonyl (C=O) groups excluding carboxylic acids is 4. The van der Waals surface area contributed by atoms with Crippen LogP contribution >= 0.6 is 0 Å². The largest absolute Gasteiger partial charge is 0.454 e. The summed E-state index contributed by atoms with van der Waals surface area (Å²) in [5.41, 5.74) is 1.65. The Labute approximate surface area is 157 Å². The molecule has 2 aliphatic rings. The fourth-order valence-corrected chi connectivity index (χ4v) is 3.19. The van der Waals surface area contributed by atoms with Crippen LogP contribution < -0.4 is 10.6 Å². The number of nitrogens with zero attached hydrogens (tertiary/aromatic N) is 1. The zero-order valence-corrected chi connectivity index (χ0v) is 15.6. The molecule has 1 aromatic carbocycles. The van der Waals surface area contributed by atoms with Crippen LogP contribution in [-0.4, -0.2) is 47.4 Å². The zero-order chi connectivity index (χ0) is 19.8. The van der Waals surface area contributed by atoms with Crippen molar-refractivity contribution in [2.75, 3.05) is 18.5 Å². The number of amides is 4. The number of nitrogens with one attached hydrogen (secondary N) is 2. The van der Waals surface area contributed by atoms with Gasteiger partial charge in [0, 0.05) is 5.69 Å². The highest BCUT2D eigenvalue weighted by atomic mass is 16.5. The van der Waals surface area contributed by atoms with Crippen LogP contribution in [0.1, 0.15) is 30.9 Å². The third kappa shape index (κ3) is 3.79. The first-order valence-corrected chi connectivity index (χ1v) is 8.88. The van der Waals surface area contributed by atoms with Crippen LogP contribution in [-0.2, 0) is 19.1 Å². The van der Waals surface area contributed by atoms with Gasteiger partial charge >= 0.3 is 12.0 Å². The average molecular weight is 373 g/mol. The van der Waals surface area contributed by atoms with Crippen LogP contribution in [0, 0.1) is 19.8 Å². The van der Waals surface area contributed by atoms with Crippen LogP contribution in [0.3, 0.4) is 0 Å². The summed E-state index contributed by atoms with van der Waals surface area (Å²) in [6.07, 6.45) is 1.75. The lowest BCUT2D eigenvalue weighted by molar-refractivity contribution is -0.150. The van der Waals surface area contributed by atoms with Gasteiger partial charge in [-0.25, -0.2) is 4.79 Å². The average Bonchev–Trinajstić information content (AvgIpc) is 3.43. The summed E-state index contributed by atoms with van der Waals surface area (Å²) >= 11 is 0. The van der Waals surface area contributed by atoms with E-state index < -0.39 is 42.5 Å². The number of ether oxygens (including phenoxy) is 1. The highest BCUT2D eigenvalue weighted by Crippen LogP contribution is 2.42. The molecule has 2 N–H and O–H groups in total. The maximum absolute atomic E-state index is 12.5. The molecule has 1 saturated carbocycles. The molecule has 0 unspecified atom stereocenters.